The maximum atomic E-state index is 12.7. The molecule has 0 atom stereocenters. The largest absolute Gasteiger partial charge is 0.350 e. The van der Waals surface area contributed by atoms with Crippen molar-refractivity contribution in [2.75, 3.05) is 17.3 Å². The van der Waals surface area contributed by atoms with Crippen LogP contribution in [0, 0.1) is 0 Å². The van der Waals surface area contributed by atoms with E-state index in [1.54, 1.807) is 30.3 Å². The van der Waals surface area contributed by atoms with Gasteiger partial charge in [-0.25, -0.2) is 4.98 Å². The van der Waals surface area contributed by atoms with Gasteiger partial charge in [0, 0.05) is 30.5 Å². The topological polar surface area (TPSA) is 74.3 Å². The third-order valence-corrected chi connectivity index (χ3v) is 4.72. The van der Waals surface area contributed by atoms with Crippen LogP contribution in [0.5, 0.6) is 0 Å². The van der Waals surface area contributed by atoms with Crippen LogP contribution >= 0.6 is 11.6 Å². The van der Waals surface area contributed by atoms with Crippen molar-refractivity contribution in [3.05, 3.63) is 83.0 Å². The Morgan fingerprint density at radius 3 is 2.30 bits per heavy atom. The van der Waals surface area contributed by atoms with Crippen molar-refractivity contribution in [1.29, 1.82) is 0 Å². The zero-order chi connectivity index (χ0) is 21.7. The lowest BCUT2D eigenvalue weighted by Crippen LogP contribution is -2.30. The summed E-state index contributed by atoms with van der Waals surface area (Å²) in [6, 6.07) is 18.0. The molecule has 0 saturated carbocycles. The van der Waals surface area contributed by atoms with Crippen molar-refractivity contribution < 1.29 is 9.59 Å². The molecular weight excluding hydrogens is 400 g/mol. The summed E-state index contributed by atoms with van der Waals surface area (Å²) in [5.74, 6) is 0.120. The van der Waals surface area contributed by atoms with E-state index in [9.17, 15) is 9.59 Å². The van der Waals surface area contributed by atoms with E-state index < -0.39 is 0 Å². The summed E-state index contributed by atoms with van der Waals surface area (Å²) in [7, 11) is 1.91. The monoisotopic (exact) mass is 422 g/mol. The Morgan fingerprint density at radius 1 is 0.967 bits per heavy atom. The van der Waals surface area contributed by atoms with Crippen LogP contribution in [0.25, 0.3) is 0 Å². The van der Waals surface area contributed by atoms with Gasteiger partial charge in [-0.1, -0.05) is 29.8 Å². The number of pyridine rings is 1. The lowest BCUT2D eigenvalue weighted by atomic mass is 10.1. The van der Waals surface area contributed by atoms with E-state index in [1.807, 2.05) is 56.1 Å². The quantitative estimate of drug-likeness (QED) is 0.592. The number of hydrogen-bond acceptors (Lipinski definition) is 4. The first-order valence-electron chi connectivity index (χ1n) is 9.51. The minimum Gasteiger partial charge on any atom is -0.350 e. The molecule has 30 heavy (non-hydrogen) atoms. The normalized spacial score (nSPS) is 10.6. The molecule has 0 spiro atoms. The number of aromatic nitrogens is 1. The highest BCUT2D eigenvalue weighted by atomic mass is 35.5. The van der Waals surface area contributed by atoms with Crippen LogP contribution in [-0.2, 0) is 0 Å². The van der Waals surface area contributed by atoms with Crippen LogP contribution in [0.1, 0.15) is 34.6 Å². The summed E-state index contributed by atoms with van der Waals surface area (Å²) in [5, 5.41) is 5.91. The number of carbonyl (C=O) groups is 2. The Kier molecular flexibility index (Phi) is 6.69. The van der Waals surface area contributed by atoms with Crippen LogP contribution in [0.15, 0.2) is 66.9 Å². The van der Waals surface area contributed by atoms with Gasteiger partial charge in [-0.15, -0.1) is 0 Å². The molecule has 1 aromatic heterocycles. The Bertz CT molecular complexity index is 1040. The molecule has 2 N–H and O–H groups in total. The first-order chi connectivity index (χ1) is 14.3. The van der Waals surface area contributed by atoms with Crippen molar-refractivity contribution in [1.82, 2.24) is 10.3 Å². The van der Waals surface area contributed by atoms with Gasteiger partial charge >= 0.3 is 0 Å². The summed E-state index contributed by atoms with van der Waals surface area (Å²) in [6.45, 7) is 3.75. The number of benzene rings is 2. The van der Waals surface area contributed by atoms with Crippen molar-refractivity contribution in [2.24, 2.45) is 0 Å². The molecule has 154 valence electrons. The van der Waals surface area contributed by atoms with E-state index in [2.05, 4.69) is 15.6 Å². The number of nitrogens with zero attached hydrogens (tertiary/aromatic N) is 2. The Balaban J connectivity index is 1.74. The third-order valence-electron chi connectivity index (χ3n) is 4.39. The summed E-state index contributed by atoms with van der Waals surface area (Å²) >= 11 is 6.20. The Morgan fingerprint density at radius 2 is 1.67 bits per heavy atom. The maximum absolute atomic E-state index is 12.7. The predicted molar refractivity (Wildman–Crippen MR) is 121 cm³/mol. The van der Waals surface area contributed by atoms with Gasteiger partial charge in [0.15, 0.2) is 0 Å². The molecule has 0 aliphatic heterocycles. The van der Waals surface area contributed by atoms with E-state index >= 15 is 0 Å². The number of halogens is 1. The molecule has 0 aliphatic carbocycles. The summed E-state index contributed by atoms with van der Waals surface area (Å²) in [4.78, 5) is 31.2. The standard InChI is InChI=1S/C23H23ClN4O2/c1-15(2)26-22(29)16-9-11-19(24)20(13-16)27-23(30)17-10-12-21(25-14-17)28(3)18-7-5-4-6-8-18/h4-15H,1-3H3,(H,26,29)(H,27,30). The summed E-state index contributed by atoms with van der Waals surface area (Å²) in [6.07, 6.45) is 1.51. The predicted octanol–water partition coefficient (Wildman–Crippen LogP) is 4.89. The molecule has 1 heterocycles. The Hall–Kier alpha value is -3.38. The molecular formula is C23H23ClN4O2. The van der Waals surface area contributed by atoms with E-state index in [1.165, 1.54) is 6.20 Å². The third kappa shape index (κ3) is 5.15. The average molecular weight is 423 g/mol. The molecule has 2 aromatic carbocycles. The number of amides is 2. The smallest absolute Gasteiger partial charge is 0.257 e. The molecule has 0 unspecified atom stereocenters. The molecule has 0 fully saturated rings. The second-order valence-corrected chi connectivity index (χ2v) is 7.48. The van der Waals surface area contributed by atoms with Gasteiger partial charge in [0.1, 0.15) is 5.82 Å². The molecule has 0 saturated heterocycles. The van der Waals surface area contributed by atoms with Crippen molar-refractivity contribution in [2.45, 2.75) is 19.9 Å². The zero-order valence-electron chi connectivity index (χ0n) is 17.0. The van der Waals surface area contributed by atoms with E-state index in [0.717, 1.165) is 5.69 Å². The minimum atomic E-state index is -0.361. The molecule has 3 aromatic rings. The molecule has 0 aliphatic rings. The molecule has 7 heteroatoms. The number of carbonyl (C=O) groups excluding carboxylic acids is 2. The van der Waals surface area contributed by atoms with Crippen LogP contribution in [0.2, 0.25) is 5.02 Å². The van der Waals surface area contributed by atoms with E-state index in [-0.39, 0.29) is 17.9 Å². The highest BCUT2D eigenvalue weighted by Gasteiger charge is 2.14. The van der Waals surface area contributed by atoms with Gasteiger partial charge in [0.25, 0.3) is 11.8 Å². The first kappa shape index (κ1) is 21.3. The molecule has 6 nitrogen and oxygen atoms in total. The fourth-order valence-electron chi connectivity index (χ4n) is 2.80. The second kappa shape index (κ2) is 9.41. The number of anilines is 3. The fourth-order valence-corrected chi connectivity index (χ4v) is 2.97. The van der Waals surface area contributed by atoms with Crippen LogP contribution in [0.4, 0.5) is 17.2 Å². The summed E-state index contributed by atoms with van der Waals surface area (Å²) in [5.41, 5.74) is 2.16. The number of rotatable bonds is 6. The second-order valence-electron chi connectivity index (χ2n) is 7.08. The number of para-hydroxylation sites is 1. The van der Waals surface area contributed by atoms with E-state index in [0.29, 0.717) is 27.7 Å². The molecule has 2 amide bonds. The summed E-state index contributed by atoms with van der Waals surface area (Å²) < 4.78 is 0. The highest BCUT2D eigenvalue weighted by molar-refractivity contribution is 6.34. The van der Waals surface area contributed by atoms with Crippen LogP contribution < -0.4 is 15.5 Å². The average Bonchev–Trinajstić information content (AvgIpc) is 2.75. The first-order valence-corrected chi connectivity index (χ1v) is 9.89. The van der Waals surface area contributed by atoms with Crippen LogP contribution in [-0.4, -0.2) is 29.9 Å². The van der Waals surface area contributed by atoms with Crippen molar-refractivity contribution in [3.8, 4) is 0 Å². The lowest BCUT2D eigenvalue weighted by Gasteiger charge is -2.18. The van der Waals surface area contributed by atoms with Gasteiger partial charge in [-0.2, -0.15) is 0 Å². The highest BCUT2D eigenvalue weighted by Crippen LogP contribution is 2.25. The maximum Gasteiger partial charge on any atom is 0.257 e. The molecule has 3 rings (SSSR count). The zero-order valence-corrected chi connectivity index (χ0v) is 17.8. The van der Waals surface area contributed by atoms with Crippen molar-refractivity contribution >= 4 is 40.6 Å². The number of nitrogens with one attached hydrogen (secondary N) is 2. The number of hydrogen-bond donors (Lipinski definition) is 2. The minimum absolute atomic E-state index is 0.00447. The molecule has 0 bridgehead atoms. The van der Waals surface area contributed by atoms with Gasteiger partial charge in [-0.3, -0.25) is 9.59 Å². The van der Waals surface area contributed by atoms with Gasteiger partial charge in [-0.05, 0) is 56.3 Å². The Labute approximate surface area is 180 Å². The molecule has 0 radical (unpaired) electrons. The van der Waals surface area contributed by atoms with Gasteiger partial charge in [0.2, 0.25) is 0 Å². The van der Waals surface area contributed by atoms with Gasteiger partial charge in [0.05, 0.1) is 16.3 Å². The SMILES string of the molecule is CC(C)NC(=O)c1ccc(Cl)c(NC(=O)c2ccc(N(C)c3ccccc3)nc2)c1. The van der Waals surface area contributed by atoms with E-state index in [4.69, 9.17) is 11.6 Å². The van der Waals surface area contributed by atoms with Gasteiger partial charge < -0.3 is 15.5 Å². The van der Waals surface area contributed by atoms with Crippen LogP contribution in [0.3, 0.4) is 0 Å². The fraction of sp³-hybridized carbons (Fsp3) is 0.174. The lowest BCUT2D eigenvalue weighted by molar-refractivity contribution is 0.0941. The van der Waals surface area contributed by atoms with Crippen molar-refractivity contribution in [3.63, 3.8) is 0 Å².